The van der Waals surface area contributed by atoms with Crippen molar-refractivity contribution >= 4 is 17.6 Å². The van der Waals surface area contributed by atoms with E-state index in [1.165, 1.54) is 18.2 Å². The van der Waals surface area contributed by atoms with Crippen LogP contribution in [-0.4, -0.2) is 17.7 Å². The molecule has 0 saturated heterocycles. The lowest BCUT2D eigenvalue weighted by molar-refractivity contribution is -0.139. The Balaban J connectivity index is 2.60. The number of hydrogen-bond donors (Lipinski definition) is 1. The van der Waals surface area contributed by atoms with E-state index in [-0.39, 0.29) is 18.1 Å². The molecule has 0 radical (unpaired) electrons. The van der Waals surface area contributed by atoms with Crippen LogP contribution >= 0.6 is 11.6 Å². The minimum absolute atomic E-state index is 0.00191. The van der Waals surface area contributed by atoms with Crippen LogP contribution < -0.4 is 4.74 Å². The molecule has 0 amide bonds. The minimum atomic E-state index is -0.879. The zero-order chi connectivity index (χ0) is 13.1. The highest BCUT2D eigenvalue weighted by molar-refractivity contribution is 6.30. The van der Waals surface area contributed by atoms with Gasteiger partial charge in [0, 0.05) is 11.5 Å². The van der Waals surface area contributed by atoms with E-state index in [0.29, 0.717) is 5.75 Å². The van der Waals surface area contributed by atoms with Crippen LogP contribution in [0.4, 0.5) is 4.39 Å². The van der Waals surface area contributed by atoms with Crippen molar-refractivity contribution in [2.75, 3.05) is 6.61 Å². The largest absolute Gasteiger partial charge is 0.493 e. The molecule has 0 aromatic heterocycles. The summed E-state index contributed by atoms with van der Waals surface area (Å²) < 4.78 is 18.3. The summed E-state index contributed by atoms with van der Waals surface area (Å²) >= 11 is 5.60. The molecule has 1 N–H and O–H groups in total. The Kier molecular flexibility index (Phi) is 4.34. The maximum atomic E-state index is 12.9. The molecule has 17 heavy (non-hydrogen) atoms. The van der Waals surface area contributed by atoms with Gasteiger partial charge in [-0.2, -0.15) is 0 Å². The summed E-state index contributed by atoms with van der Waals surface area (Å²) in [7, 11) is 0. The second-order valence-corrected chi connectivity index (χ2v) is 5.01. The van der Waals surface area contributed by atoms with E-state index in [1.54, 1.807) is 13.8 Å². The van der Waals surface area contributed by atoms with Gasteiger partial charge in [-0.05, 0) is 12.1 Å². The van der Waals surface area contributed by atoms with Crippen LogP contribution in [0.1, 0.15) is 20.3 Å². The van der Waals surface area contributed by atoms with Crippen molar-refractivity contribution in [3.05, 3.63) is 29.0 Å². The third kappa shape index (κ3) is 4.61. The number of halogens is 2. The minimum Gasteiger partial charge on any atom is -0.493 e. The Hall–Kier alpha value is -1.29. The molecule has 0 aliphatic carbocycles. The lowest BCUT2D eigenvalue weighted by atomic mass is 9.91. The first-order valence-corrected chi connectivity index (χ1v) is 5.48. The molecule has 0 aliphatic heterocycles. The van der Waals surface area contributed by atoms with E-state index in [9.17, 15) is 9.18 Å². The first kappa shape index (κ1) is 13.8. The van der Waals surface area contributed by atoms with Gasteiger partial charge in [0.25, 0.3) is 0 Å². The van der Waals surface area contributed by atoms with Crippen LogP contribution in [0.15, 0.2) is 18.2 Å². The van der Waals surface area contributed by atoms with E-state index in [0.717, 1.165) is 0 Å². The quantitative estimate of drug-likeness (QED) is 0.883. The second-order valence-electron chi connectivity index (χ2n) is 4.60. The van der Waals surface area contributed by atoms with Crippen molar-refractivity contribution in [1.29, 1.82) is 0 Å². The van der Waals surface area contributed by atoms with Gasteiger partial charge in [-0.25, -0.2) is 4.39 Å². The second kappa shape index (κ2) is 5.36. The van der Waals surface area contributed by atoms with Crippen molar-refractivity contribution in [3.8, 4) is 5.75 Å². The van der Waals surface area contributed by atoms with Gasteiger partial charge >= 0.3 is 5.97 Å². The van der Waals surface area contributed by atoms with Gasteiger partial charge in [-0.3, -0.25) is 4.79 Å². The third-order valence-electron chi connectivity index (χ3n) is 2.15. The molecule has 0 fully saturated rings. The van der Waals surface area contributed by atoms with Gasteiger partial charge in [-0.1, -0.05) is 25.4 Å². The fraction of sp³-hybridized carbons (Fsp3) is 0.417. The van der Waals surface area contributed by atoms with Crippen molar-refractivity contribution < 1.29 is 19.0 Å². The van der Waals surface area contributed by atoms with Gasteiger partial charge in [0.15, 0.2) is 0 Å². The molecule has 1 aromatic carbocycles. The predicted octanol–water partition coefficient (Wildman–Crippen LogP) is 3.36. The summed E-state index contributed by atoms with van der Waals surface area (Å²) in [5.74, 6) is -0.964. The van der Waals surface area contributed by atoms with Crippen LogP contribution in [0.25, 0.3) is 0 Å². The fourth-order valence-electron chi connectivity index (χ4n) is 1.31. The number of benzene rings is 1. The molecule has 94 valence electrons. The van der Waals surface area contributed by atoms with Crippen LogP contribution in [-0.2, 0) is 4.79 Å². The average Bonchev–Trinajstić information content (AvgIpc) is 2.18. The number of hydrogen-bond acceptors (Lipinski definition) is 2. The van der Waals surface area contributed by atoms with Crippen molar-refractivity contribution in [2.45, 2.75) is 20.3 Å². The topological polar surface area (TPSA) is 46.5 Å². The molecule has 1 aromatic rings. The van der Waals surface area contributed by atoms with Gasteiger partial charge in [0.1, 0.15) is 11.6 Å². The first-order valence-electron chi connectivity index (χ1n) is 5.10. The molecule has 0 saturated carbocycles. The summed E-state index contributed by atoms with van der Waals surface area (Å²) in [6, 6.07) is 4.04. The standard InChI is InChI=1S/C12H14ClFO3/c1-12(2,6-11(15)16)7-17-8-3-4-10(14)9(13)5-8/h3-5H,6-7H2,1-2H3,(H,15,16). The van der Waals surface area contributed by atoms with Crippen molar-refractivity contribution in [2.24, 2.45) is 5.41 Å². The third-order valence-corrected chi connectivity index (χ3v) is 2.44. The maximum Gasteiger partial charge on any atom is 0.304 e. The molecule has 3 nitrogen and oxygen atoms in total. The van der Waals surface area contributed by atoms with Crippen LogP contribution in [0, 0.1) is 11.2 Å². The van der Waals surface area contributed by atoms with E-state index < -0.39 is 17.2 Å². The summed E-state index contributed by atoms with van der Waals surface area (Å²) in [5.41, 5.74) is -0.493. The lowest BCUT2D eigenvalue weighted by Gasteiger charge is -2.22. The van der Waals surface area contributed by atoms with E-state index in [1.807, 2.05) is 0 Å². The van der Waals surface area contributed by atoms with Crippen LogP contribution in [0.5, 0.6) is 5.75 Å². The summed E-state index contributed by atoms with van der Waals surface area (Å²) in [6.07, 6.45) is 0.00191. The number of aliphatic carboxylic acids is 1. The molecule has 0 heterocycles. The predicted molar refractivity (Wildman–Crippen MR) is 62.9 cm³/mol. The van der Waals surface area contributed by atoms with Gasteiger partial charge < -0.3 is 9.84 Å². The molecule has 0 bridgehead atoms. The number of carbonyl (C=O) groups is 1. The van der Waals surface area contributed by atoms with Gasteiger partial charge in [-0.15, -0.1) is 0 Å². The first-order chi connectivity index (χ1) is 7.80. The molecule has 1 rings (SSSR count). The fourth-order valence-corrected chi connectivity index (χ4v) is 1.48. The molecular formula is C12H14ClFO3. The zero-order valence-corrected chi connectivity index (χ0v) is 10.4. The zero-order valence-electron chi connectivity index (χ0n) is 9.67. The Morgan fingerprint density at radius 1 is 1.53 bits per heavy atom. The van der Waals surface area contributed by atoms with Gasteiger partial charge in [0.05, 0.1) is 18.1 Å². The molecule has 5 heteroatoms. The SMILES string of the molecule is CC(C)(COc1ccc(F)c(Cl)c1)CC(=O)O. The lowest BCUT2D eigenvalue weighted by Crippen LogP contribution is -2.24. The normalized spacial score (nSPS) is 11.3. The number of rotatable bonds is 5. The number of ether oxygens (including phenoxy) is 1. The number of carboxylic acid groups (broad SMARTS) is 1. The Bertz CT molecular complexity index is 418. The van der Waals surface area contributed by atoms with E-state index in [4.69, 9.17) is 21.4 Å². The monoisotopic (exact) mass is 260 g/mol. The summed E-state index contributed by atoms with van der Waals surface area (Å²) in [6.45, 7) is 3.79. The van der Waals surface area contributed by atoms with Crippen LogP contribution in [0.3, 0.4) is 0 Å². The molecule has 0 unspecified atom stereocenters. The Morgan fingerprint density at radius 3 is 2.71 bits per heavy atom. The maximum absolute atomic E-state index is 12.9. The molecular weight excluding hydrogens is 247 g/mol. The smallest absolute Gasteiger partial charge is 0.304 e. The van der Waals surface area contributed by atoms with Crippen LogP contribution in [0.2, 0.25) is 5.02 Å². The molecule has 0 aliphatic rings. The summed E-state index contributed by atoms with van der Waals surface area (Å²) in [4.78, 5) is 10.6. The highest BCUT2D eigenvalue weighted by Gasteiger charge is 2.22. The average molecular weight is 261 g/mol. The highest BCUT2D eigenvalue weighted by Crippen LogP contribution is 2.25. The van der Waals surface area contributed by atoms with E-state index >= 15 is 0 Å². The molecule has 0 spiro atoms. The molecule has 0 atom stereocenters. The van der Waals surface area contributed by atoms with E-state index in [2.05, 4.69) is 0 Å². The Morgan fingerprint density at radius 2 is 2.18 bits per heavy atom. The van der Waals surface area contributed by atoms with Crippen molar-refractivity contribution in [3.63, 3.8) is 0 Å². The van der Waals surface area contributed by atoms with Gasteiger partial charge in [0.2, 0.25) is 0 Å². The summed E-state index contributed by atoms with van der Waals surface area (Å²) in [5, 5.41) is 8.69. The Labute approximate surface area is 104 Å². The number of carboxylic acids is 1. The highest BCUT2D eigenvalue weighted by atomic mass is 35.5. The van der Waals surface area contributed by atoms with Crippen molar-refractivity contribution in [1.82, 2.24) is 0 Å².